The molecule has 0 atom stereocenters. The number of benzene rings is 1. The minimum Gasteiger partial charge on any atom is -0.462 e. The van der Waals surface area contributed by atoms with Gasteiger partial charge in [0.05, 0.1) is 12.2 Å². The average molecular weight is 293 g/mol. The van der Waals surface area contributed by atoms with Crippen LogP contribution in [0, 0.1) is 0 Å². The highest BCUT2D eigenvalue weighted by Crippen LogP contribution is 2.28. The first kappa shape index (κ1) is 14.1. The average Bonchev–Trinajstić information content (AvgIpc) is 2.43. The molecule has 0 saturated heterocycles. The molecule has 5 nitrogen and oxygen atoms in total. The molecule has 2 rings (SSSR count). The number of nitrogens with two attached hydrogens (primary N) is 1. The number of anilines is 1. The third-order valence-electron chi connectivity index (χ3n) is 2.41. The summed E-state index contributed by atoms with van der Waals surface area (Å²) in [6, 6.07) is 8.27. The molecule has 104 valence electrons. The number of nitrogen functional groups attached to an aromatic ring is 1. The lowest BCUT2D eigenvalue weighted by molar-refractivity contribution is 0.0526. The van der Waals surface area contributed by atoms with Crippen molar-refractivity contribution in [2.75, 3.05) is 12.3 Å². The predicted molar refractivity (Wildman–Crippen MR) is 76.1 cm³/mol. The van der Waals surface area contributed by atoms with Gasteiger partial charge in [-0.25, -0.2) is 9.78 Å². The minimum atomic E-state index is -0.471. The van der Waals surface area contributed by atoms with E-state index >= 15 is 0 Å². The van der Waals surface area contributed by atoms with Gasteiger partial charge in [0.25, 0.3) is 0 Å². The van der Waals surface area contributed by atoms with E-state index in [1.165, 1.54) is 12.3 Å². The van der Waals surface area contributed by atoms with Gasteiger partial charge < -0.3 is 15.2 Å². The van der Waals surface area contributed by atoms with Gasteiger partial charge in [0.1, 0.15) is 10.8 Å². The molecule has 0 radical (unpaired) electrons. The lowest BCUT2D eigenvalue weighted by atomic mass is 10.3. The molecule has 0 fully saturated rings. The zero-order chi connectivity index (χ0) is 14.5. The number of carbonyl (C=O) groups excluding carboxylic acids is 1. The number of carbonyl (C=O) groups is 1. The maximum absolute atomic E-state index is 11.5. The molecule has 0 bridgehead atoms. The Bertz CT molecular complexity index is 614. The molecule has 0 spiro atoms. The van der Waals surface area contributed by atoms with Gasteiger partial charge in [0.15, 0.2) is 0 Å². The second-order valence-corrected chi connectivity index (χ2v) is 4.31. The molecule has 0 amide bonds. The van der Waals surface area contributed by atoms with E-state index in [0.717, 1.165) is 0 Å². The summed E-state index contributed by atoms with van der Waals surface area (Å²) >= 11 is 6.03. The first-order valence-electron chi connectivity index (χ1n) is 5.96. The number of halogens is 1. The second-order valence-electron chi connectivity index (χ2n) is 3.90. The van der Waals surface area contributed by atoms with E-state index in [2.05, 4.69) is 4.98 Å². The Morgan fingerprint density at radius 2 is 2.05 bits per heavy atom. The van der Waals surface area contributed by atoms with Crippen molar-refractivity contribution in [1.29, 1.82) is 0 Å². The van der Waals surface area contributed by atoms with Gasteiger partial charge in [-0.05, 0) is 37.3 Å². The van der Waals surface area contributed by atoms with Crippen molar-refractivity contribution in [3.63, 3.8) is 0 Å². The first-order chi connectivity index (χ1) is 9.60. The first-order valence-corrected chi connectivity index (χ1v) is 6.34. The van der Waals surface area contributed by atoms with Crippen LogP contribution in [0.1, 0.15) is 17.3 Å². The normalized spacial score (nSPS) is 10.1. The van der Waals surface area contributed by atoms with Crippen LogP contribution in [-0.2, 0) is 4.74 Å². The molecule has 1 aromatic heterocycles. The van der Waals surface area contributed by atoms with Gasteiger partial charge in [-0.1, -0.05) is 11.6 Å². The highest BCUT2D eigenvalue weighted by Gasteiger charge is 2.12. The number of hydrogen-bond acceptors (Lipinski definition) is 5. The molecule has 6 heteroatoms. The van der Waals surface area contributed by atoms with Crippen LogP contribution in [0.15, 0.2) is 36.5 Å². The van der Waals surface area contributed by atoms with Crippen molar-refractivity contribution in [3.8, 4) is 11.6 Å². The van der Waals surface area contributed by atoms with Crippen molar-refractivity contribution < 1.29 is 14.3 Å². The maximum atomic E-state index is 11.5. The van der Waals surface area contributed by atoms with Crippen LogP contribution in [0.25, 0.3) is 0 Å². The van der Waals surface area contributed by atoms with Gasteiger partial charge in [0, 0.05) is 11.9 Å². The van der Waals surface area contributed by atoms with E-state index < -0.39 is 5.97 Å². The van der Waals surface area contributed by atoms with Gasteiger partial charge in [-0.2, -0.15) is 0 Å². The van der Waals surface area contributed by atoms with E-state index in [4.69, 9.17) is 26.8 Å². The summed E-state index contributed by atoms with van der Waals surface area (Å²) in [5.41, 5.74) is 6.50. The number of esters is 1. The van der Waals surface area contributed by atoms with E-state index in [0.29, 0.717) is 18.0 Å². The van der Waals surface area contributed by atoms with Crippen molar-refractivity contribution in [2.24, 2.45) is 0 Å². The van der Waals surface area contributed by atoms with Crippen LogP contribution in [0.2, 0.25) is 5.02 Å². The molecule has 2 N–H and O–H groups in total. The molecule has 0 aliphatic carbocycles. The van der Waals surface area contributed by atoms with Gasteiger partial charge in [-0.15, -0.1) is 0 Å². The Morgan fingerprint density at radius 3 is 2.65 bits per heavy atom. The number of pyridine rings is 1. The third-order valence-corrected chi connectivity index (χ3v) is 2.68. The summed E-state index contributed by atoms with van der Waals surface area (Å²) in [6.45, 7) is 2.02. The van der Waals surface area contributed by atoms with E-state index in [9.17, 15) is 4.79 Å². The molecule has 0 aliphatic rings. The van der Waals surface area contributed by atoms with E-state index in [1.807, 2.05) is 0 Å². The maximum Gasteiger partial charge on any atom is 0.339 e. The van der Waals surface area contributed by atoms with Crippen LogP contribution in [-0.4, -0.2) is 17.6 Å². The van der Waals surface area contributed by atoms with Gasteiger partial charge in [0.2, 0.25) is 5.88 Å². The Balaban J connectivity index is 2.17. The molecule has 20 heavy (non-hydrogen) atoms. The van der Waals surface area contributed by atoms with Crippen LogP contribution in [0.5, 0.6) is 11.6 Å². The Kier molecular flexibility index (Phi) is 4.42. The zero-order valence-electron chi connectivity index (χ0n) is 10.8. The van der Waals surface area contributed by atoms with Crippen LogP contribution in [0.3, 0.4) is 0 Å². The summed E-state index contributed by atoms with van der Waals surface area (Å²) in [6.07, 6.45) is 1.36. The van der Waals surface area contributed by atoms with Crippen molar-refractivity contribution in [1.82, 2.24) is 4.98 Å². The fourth-order valence-corrected chi connectivity index (χ4v) is 1.68. The van der Waals surface area contributed by atoms with Crippen LogP contribution in [0.4, 0.5) is 5.69 Å². The van der Waals surface area contributed by atoms with Gasteiger partial charge >= 0.3 is 5.97 Å². The molecule has 0 unspecified atom stereocenters. The summed E-state index contributed by atoms with van der Waals surface area (Å²) in [5.74, 6) is 0.294. The number of nitrogens with zero attached hydrogens (tertiary/aromatic N) is 1. The number of rotatable bonds is 4. The van der Waals surface area contributed by atoms with E-state index in [-0.39, 0.29) is 16.5 Å². The molecule has 0 saturated carbocycles. The highest BCUT2D eigenvalue weighted by atomic mass is 35.5. The van der Waals surface area contributed by atoms with Gasteiger partial charge in [-0.3, -0.25) is 0 Å². The largest absolute Gasteiger partial charge is 0.462 e. The molecular formula is C14H13ClN2O3. The van der Waals surface area contributed by atoms with Crippen molar-refractivity contribution in [3.05, 3.63) is 47.1 Å². The van der Waals surface area contributed by atoms with E-state index in [1.54, 1.807) is 31.2 Å². The standard InChI is InChI=1S/C14H13ClN2O3/c1-2-19-14(18)9-7-12(15)13(17-8-9)20-11-5-3-10(16)4-6-11/h3-8H,2,16H2,1H3. The second kappa shape index (κ2) is 6.25. The monoisotopic (exact) mass is 292 g/mol. The summed E-state index contributed by atoms with van der Waals surface area (Å²) < 4.78 is 10.4. The third kappa shape index (κ3) is 3.39. The predicted octanol–water partition coefficient (Wildman–Crippen LogP) is 3.29. The Morgan fingerprint density at radius 1 is 1.35 bits per heavy atom. The molecular weight excluding hydrogens is 280 g/mol. The highest BCUT2D eigenvalue weighted by molar-refractivity contribution is 6.32. The zero-order valence-corrected chi connectivity index (χ0v) is 11.6. The quantitative estimate of drug-likeness (QED) is 0.691. The summed E-state index contributed by atoms with van der Waals surface area (Å²) in [4.78, 5) is 15.5. The lowest BCUT2D eigenvalue weighted by Gasteiger charge is -2.08. The fourth-order valence-electron chi connectivity index (χ4n) is 1.47. The van der Waals surface area contributed by atoms with Crippen molar-refractivity contribution in [2.45, 2.75) is 6.92 Å². The number of aromatic nitrogens is 1. The molecule has 0 aliphatic heterocycles. The fraction of sp³-hybridized carbons (Fsp3) is 0.143. The molecule has 2 aromatic rings. The van der Waals surface area contributed by atoms with Crippen molar-refractivity contribution >= 4 is 23.3 Å². The smallest absolute Gasteiger partial charge is 0.339 e. The molecule has 1 heterocycles. The van der Waals surface area contributed by atoms with Crippen LogP contribution < -0.4 is 10.5 Å². The Labute approximate surface area is 121 Å². The topological polar surface area (TPSA) is 74.4 Å². The summed E-state index contributed by atoms with van der Waals surface area (Å²) in [7, 11) is 0. The van der Waals surface area contributed by atoms with Crippen LogP contribution >= 0.6 is 11.6 Å². The Hall–Kier alpha value is -2.27. The lowest BCUT2D eigenvalue weighted by Crippen LogP contribution is -2.05. The SMILES string of the molecule is CCOC(=O)c1cnc(Oc2ccc(N)cc2)c(Cl)c1. The number of ether oxygens (including phenoxy) is 2. The summed E-state index contributed by atoms with van der Waals surface area (Å²) in [5, 5.41) is 0.229. The molecule has 1 aromatic carbocycles. The minimum absolute atomic E-state index is 0.212. The number of hydrogen-bond donors (Lipinski definition) is 1.